The van der Waals surface area contributed by atoms with Crippen molar-refractivity contribution in [1.82, 2.24) is 20.4 Å². The predicted molar refractivity (Wildman–Crippen MR) is 104 cm³/mol. The molecule has 1 saturated carbocycles. The second kappa shape index (κ2) is 9.85. The van der Waals surface area contributed by atoms with Crippen LogP contribution in [0, 0.1) is 0 Å². The molecule has 6 nitrogen and oxygen atoms in total. The van der Waals surface area contributed by atoms with E-state index in [0.29, 0.717) is 12.6 Å². The Hall–Kier alpha value is -2.50. The first-order chi connectivity index (χ1) is 12.8. The molecule has 0 atom stereocenters. The number of aryl methyl sites for hydroxylation is 1. The van der Waals surface area contributed by atoms with Gasteiger partial charge in [0.1, 0.15) is 5.75 Å². The quantitative estimate of drug-likeness (QED) is 0.434. The Balaban J connectivity index is 1.44. The van der Waals surface area contributed by atoms with Crippen LogP contribution >= 0.6 is 0 Å². The van der Waals surface area contributed by atoms with Crippen LogP contribution in [0.25, 0.3) is 0 Å². The lowest BCUT2D eigenvalue weighted by Crippen LogP contribution is -2.37. The molecule has 1 heterocycles. The molecular formula is C20H29N5O. The number of nitrogens with one attached hydrogen (secondary N) is 2. The zero-order chi connectivity index (χ0) is 18.0. The van der Waals surface area contributed by atoms with Crippen LogP contribution in [0.15, 0.2) is 47.7 Å². The average Bonchev–Trinajstić information content (AvgIpc) is 3.36. The lowest BCUT2D eigenvalue weighted by Gasteiger charge is -2.18. The van der Waals surface area contributed by atoms with Crippen LogP contribution < -0.4 is 15.4 Å². The van der Waals surface area contributed by atoms with Gasteiger partial charge in [-0.25, -0.2) is 0 Å². The van der Waals surface area contributed by atoms with E-state index >= 15 is 0 Å². The maximum Gasteiger partial charge on any atom is 0.191 e. The van der Waals surface area contributed by atoms with Gasteiger partial charge in [-0.1, -0.05) is 18.2 Å². The van der Waals surface area contributed by atoms with Gasteiger partial charge in [0.25, 0.3) is 0 Å². The van der Waals surface area contributed by atoms with E-state index in [1.54, 1.807) is 13.2 Å². The smallest absolute Gasteiger partial charge is 0.191 e. The summed E-state index contributed by atoms with van der Waals surface area (Å²) in [4.78, 5) is 4.30. The van der Waals surface area contributed by atoms with Gasteiger partial charge in [0, 0.05) is 44.6 Å². The molecule has 1 aliphatic rings. The Bertz CT molecular complexity index is 677. The third-order valence-electron chi connectivity index (χ3n) is 4.65. The summed E-state index contributed by atoms with van der Waals surface area (Å²) in [5.74, 6) is 1.79. The Morgan fingerprint density at radius 1 is 1.23 bits per heavy atom. The molecule has 0 spiro atoms. The minimum Gasteiger partial charge on any atom is -0.490 e. The van der Waals surface area contributed by atoms with E-state index in [0.717, 1.165) is 31.2 Å². The number of ether oxygens (including phenoxy) is 1. The number of hydrogen-bond donors (Lipinski definition) is 2. The van der Waals surface area contributed by atoms with Crippen LogP contribution in [0.4, 0.5) is 0 Å². The van der Waals surface area contributed by atoms with Crippen molar-refractivity contribution in [2.24, 2.45) is 4.99 Å². The maximum absolute atomic E-state index is 6.20. The first-order valence-electron chi connectivity index (χ1n) is 9.51. The third kappa shape index (κ3) is 5.51. The summed E-state index contributed by atoms with van der Waals surface area (Å²) >= 11 is 0. The molecule has 0 unspecified atom stereocenters. The zero-order valence-electron chi connectivity index (χ0n) is 15.5. The van der Waals surface area contributed by atoms with Crippen molar-refractivity contribution in [3.63, 3.8) is 0 Å². The summed E-state index contributed by atoms with van der Waals surface area (Å²) in [6.45, 7) is 2.44. The van der Waals surface area contributed by atoms with Crippen LogP contribution in [0.3, 0.4) is 0 Å². The Kier molecular flexibility index (Phi) is 6.93. The van der Waals surface area contributed by atoms with Crippen LogP contribution in [-0.2, 0) is 13.1 Å². The molecule has 0 aliphatic heterocycles. The molecule has 3 rings (SSSR count). The van der Waals surface area contributed by atoms with Crippen LogP contribution in [0.1, 0.15) is 37.7 Å². The van der Waals surface area contributed by atoms with E-state index in [2.05, 4.69) is 38.9 Å². The van der Waals surface area contributed by atoms with E-state index < -0.39 is 0 Å². The number of aliphatic imine (C=N–C) groups is 1. The summed E-state index contributed by atoms with van der Waals surface area (Å²) < 4.78 is 8.14. The molecule has 0 bridgehead atoms. The van der Waals surface area contributed by atoms with Gasteiger partial charge in [0.2, 0.25) is 0 Å². The predicted octanol–water partition coefficient (Wildman–Crippen LogP) is 2.96. The van der Waals surface area contributed by atoms with E-state index in [-0.39, 0.29) is 0 Å². The summed E-state index contributed by atoms with van der Waals surface area (Å²) in [5, 5.41) is 10.9. The van der Waals surface area contributed by atoms with Gasteiger partial charge in [-0.3, -0.25) is 9.67 Å². The number of para-hydroxylation sites is 1. The fourth-order valence-electron chi connectivity index (χ4n) is 3.23. The molecule has 6 heteroatoms. The zero-order valence-corrected chi connectivity index (χ0v) is 15.5. The molecule has 1 fully saturated rings. The normalized spacial score (nSPS) is 15.2. The molecular weight excluding hydrogens is 326 g/mol. The van der Waals surface area contributed by atoms with Crippen LogP contribution in [0.5, 0.6) is 5.75 Å². The molecule has 1 aliphatic carbocycles. The maximum atomic E-state index is 6.20. The minimum absolute atomic E-state index is 0.371. The number of aromatic nitrogens is 2. The van der Waals surface area contributed by atoms with Gasteiger partial charge in [-0.2, -0.15) is 5.10 Å². The molecule has 1 aromatic heterocycles. The lowest BCUT2D eigenvalue weighted by molar-refractivity contribution is 0.208. The van der Waals surface area contributed by atoms with E-state index in [1.807, 2.05) is 23.0 Å². The second-order valence-corrected chi connectivity index (χ2v) is 6.61. The third-order valence-corrected chi connectivity index (χ3v) is 4.65. The molecule has 1 aromatic carbocycles. The highest BCUT2D eigenvalue weighted by Crippen LogP contribution is 2.26. The van der Waals surface area contributed by atoms with E-state index in [1.165, 1.54) is 31.2 Å². The fourth-order valence-corrected chi connectivity index (χ4v) is 3.23. The highest BCUT2D eigenvalue weighted by Gasteiger charge is 2.17. The number of hydrogen-bond acceptors (Lipinski definition) is 3. The van der Waals surface area contributed by atoms with Crippen molar-refractivity contribution in [1.29, 1.82) is 0 Å². The largest absolute Gasteiger partial charge is 0.490 e. The van der Waals surface area contributed by atoms with Gasteiger partial charge >= 0.3 is 0 Å². The van der Waals surface area contributed by atoms with Gasteiger partial charge in [0.05, 0.1) is 6.10 Å². The molecule has 0 saturated heterocycles. The molecule has 2 N–H and O–H groups in total. The van der Waals surface area contributed by atoms with Crippen molar-refractivity contribution < 1.29 is 4.74 Å². The van der Waals surface area contributed by atoms with Crippen LogP contribution in [0.2, 0.25) is 0 Å². The van der Waals surface area contributed by atoms with Crippen molar-refractivity contribution >= 4 is 5.96 Å². The molecule has 26 heavy (non-hydrogen) atoms. The lowest BCUT2D eigenvalue weighted by atomic mass is 10.2. The summed E-state index contributed by atoms with van der Waals surface area (Å²) in [5.41, 5.74) is 1.17. The summed E-state index contributed by atoms with van der Waals surface area (Å²) in [7, 11) is 1.80. The number of benzene rings is 1. The highest BCUT2D eigenvalue weighted by molar-refractivity contribution is 5.79. The van der Waals surface area contributed by atoms with Gasteiger partial charge in [-0.15, -0.1) is 0 Å². The topological polar surface area (TPSA) is 63.5 Å². The van der Waals surface area contributed by atoms with Crippen molar-refractivity contribution in [3.05, 3.63) is 48.3 Å². The van der Waals surface area contributed by atoms with Crippen molar-refractivity contribution in [2.75, 3.05) is 13.6 Å². The summed E-state index contributed by atoms with van der Waals surface area (Å²) in [6.07, 6.45) is 10.0. The summed E-state index contributed by atoms with van der Waals surface area (Å²) in [6, 6.07) is 10.2. The molecule has 140 valence electrons. The van der Waals surface area contributed by atoms with Crippen molar-refractivity contribution in [3.8, 4) is 5.75 Å². The number of guanidine groups is 1. The van der Waals surface area contributed by atoms with E-state index in [9.17, 15) is 0 Å². The fraction of sp³-hybridized carbons (Fsp3) is 0.500. The standard InChI is InChI=1S/C20H29N5O/c1-21-20(22-12-6-14-25-15-7-13-24-25)23-16-17-8-2-5-11-19(17)26-18-9-3-4-10-18/h2,5,7-8,11,13,15,18H,3-4,6,9-10,12,14,16H2,1H3,(H2,21,22,23). The molecule has 0 amide bonds. The Morgan fingerprint density at radius 2 is 2.08 bits per heavy atom. The van der Waals surface area contributed by atoms with Gasteiger partial charge in [0.15, 0.2) is 5.96 Å². The van der Waals surface area contributed by atoms with Gasteiger partial charge < -0.3 is 15.4 Å². The average molecular weight is 355 g/mol. The SMILES string of the molecule is CN=C(NCCCn1cccn1)NCc1ccccc1OC1CCCC1. The Morgan fingerprint density at radius 3 is 2.85 bits per heavy atom. The van der Waals surface area contributed by atoms with E-state index in [4.69, 9.17) is 4.74 Å². The molecule has 2 aromatic rings. The minimum atomic E-state index is 0.371. The first-order valence-corrected chi connectivity index (χ1v) is 9.51. The first kappa shape index (κ1) is 18.3. The van der Waals surface area contributed by atoms with Crippen LogP contribution in [-0.4, -0.2) is 35.4 Å². The van der Waals surface area contributed by atoms with Gasteiger partial charge in [-0.05, 0) is 44.2 Å². The second-order valence-electron chi connectivity index (χ2n) is 6.61. The number of rotatable bonds is 8. The van der Waals surface area contributed by atoms with Crippen molar-refractivity contribution in [2.45, 2.75) is 51.3 Å². The monoisotopic (exact) mass is 355 g/mol. The molecule has 0 radical (unpaired) electrons. The Labute approximate surface area is 155 Å². The number of nitrogens with zero attached hydrogens (tertiary/aromatic N) is 3. The highest BCUT2D eigenvalue weighted by atomic mass is 16.5.